The van der Waals surface area contributed by atoms with Gasteiger partial charge >= 0.3 is 29.6 Å². The third-order valence-electron chi connectivity index (χ3n) is 5.57. The molecule has 21 nitrogen and oxygen atoms in total. The second-order valence-corrected chi connectivity index (χ2v) is 14.4. The number of methoxy groups -OCH3 is 1. The fourth-order valence-corrected chi connectivity index (χ4v) is 8.05. The fraction of sp³-hybridized carbons (Fsp3) is 0.389. The molecule has 8 N–H and O–H groups in total. The first kappa shape index (κ1) is 34.4. The van der Waals surface area contributed by atoms with Crippen LogP contribution in [0.4, 0.5) is 16.4 Å². The average molecular weight is 720 g/mol. The van der Waals surface area contributed by atoms with Crippen LogP contribution in [0.25, 0.3) is 11.2 Å². The third kappa shape index (κ3) is 8.22. The highest BCUT2D eigenvalue weighted by Crippen LogP contribution is 2.66. The van der Waals surface area contributed by atoms with E-state index in [4.69, 9.17) is 46.5 Å². The Labute approximate surface area is 254 Å². The number of Topliss-reactive ketones (excluding diaryl/α,β-unsaturated/α-hetero) is 1. The molecule has 1 aliphatic heterocycles. The molecule has 3 aromatic heterocycles. The number of hydrogen-bond acceptors (Lipinski definition) is 16. The SMILES string of the molecule is COC1C(COP(=O)(O)OP(=O)(O)OP(=O)(O)O)OC(n2cnc3c(=S)[nH]c(N)nc32)C1OC(=O)Nc1ccsc1C(C)=O. The quantitative estimate of drug-likeness (QED) is 0.0801. The van der Waals surface area contributed by atoms with Gasteiger partial charge in [-0.25, -0.2) is 23.5 Å². The predicted octanol–water partition coefficient (Wildman–Crippen LogP) is 2.21. The van der Waals surface area contributed by atoms with E-state index in [9.17, 15) is 33.1 Å². The van der Waals surface area contributed by atoms with E-state index in [-0.39, 0.29) is 38.1 Å². The number of nitrogens with one attached hydrogen (secondary N) is 2. The number of nitrogens with two attached hydrogens (primary N) is 1. The number of phosphoric acid groups is 3. The summed E-state index contributed by atoms with van der Waals surface area (Å²) >= 11 is 6.30. The van der Waals surface area contributed by atoms with E-state index >= 15 is 0 Å². The van der Waals surface area contributed by atoms with Gasteiger partial charge in [-0.3, -0.25) is 19.2 Å². The standard InChI is InChI=1S/C18H23N6O15P3S2/c1-7(25)13-8(3-4-44-13)21-18(26)37-12-11(34-2)9(5-35-41(30,31)39-42(32,33)38-40(27,28)29)36-16(12)24-6-20-10-14(24)22-17(19)23-15(10)43/h3-4,6,9,11-12,16H,5H2,1-2H3,(H,21,26)(H,30,31)(H,32,33)(H2,27,28,29)(H3,19,22,23,43). The Morgan fingerprint density at radius 3 is 2.55 bits per heavy atom. The number of nitrogen functional groups attached to an aromatic ring is 1. The lowest BCUT2D eigenvalue weighted by Crippen LogP contribution is -2.39. The molecule has 0 radical (unpaired) electrons. The van der Waals surface area contributed by atoms with Crippen LogP contribution in [0.5, 0.6) is 0 Å². The molecule has 3 aromatic rings. The van der Waals surface area contributed by atoms with Gasteiger partial charge in [-0.15, -0.1) is 11.3 Å². The van der Waals surface area contributed by atoms with Crippen molar-refractivity contribution in [1.29, 1.82) is 0 Å². The van der Waals surface area contributed by atoms with E-state index in [1.165, 1.54) is 31.0 Å². The maximum Gasteiger partial charge on any atom is 0.490 e. The summed E-state index contributed by atoms with van der Waals surface area (Å²) < 4.78 is 65.4. The van der Waals surface area contributed by atoms with Gasteiger partial charge in [0.05, 0.1) is 23.5 Å². The normalized spacial score (nSPS) is 23.2. The zero-order chi connectivity index (χ0) is 32.6. The number of rotatable bonds is 12. The summed E-state index contributed by atoms with van der Waals surface area (Å²) in [5.74, 6) is -0.414. The van der Waals surface area contributed by atoms with Crippen LogP contribution < -0.4 is 11.1 Å². The molecule has 44 heavy (non-hydrogen) atoms. The Hall–Kier alpha value is -2.46. The summed E-state index contributed by atoms with van der Waals surface area (Å²) in [5.41, 5.74) is 6.20. The average Bonchev–Trinajstić information content (AvgIpc) is 3.57. The fourth-order valence-electron chi connectivity index (χ4n) is 4.02. The number of ketones is 1. The highest BCUT2D eigenvalue weighted by atomic mass is 32.1. The number of H-pyrrole nitrogens is 1. The maximum atomic E-state index is 13.0. The van der Waals surface area contributed by atoms with Gasteiger partial charge in [0.2, 0.25) is 5.95 Å². The number of fused-ring (bicyclic) bond motifs is 1. The van der Waals surface area contributed by atoms with Crippen molar-refractivity contribution in [3.63, 3.8) is 0 Å². The molecular formula is C18H23N6O15P3S2. The number of anilines is 2. The van der Waals surface area contributed by atoms with Gasteiger partial charge < -0.3 is 44.5 Å². The van der Waals surface area contributed by atoms with Crippen LogP contribution in [0.2, 0.25) is 0 Å². The maximum absolute atomic E-state index is 13.0. The molecule has 26 heteroatoms. The molecule has 0 bridgehead atoms. The Morgan fingerprint density at radius 2 is 1.91 bits per heavy atom. The van der Waals surface area contributed by atoms with E-state index in [1.807, 2.05) is 0 Å². The summed E-state index contributed by atoms with van der Waals surface area (Å²) in [6, 6.07) is 1.47. The number of carbonyl (C=O) groups is 2. The van der Waals surface area contributed by atoms with Gasteiger partial charge in [-0.05, 0) is 11.4 Å². The molecule has 242 valence electrons. The Morgan fingerprint density at radius 1 is 1.20 bits per heavy atom. The minimum absolute atomic E-state index is 0.0744. The molecule has 6 unspecified atom stereocenters. The predicted molar refractivity (Wildman–Crippen MR) is 150 cm³/mol. The number of nitrogens with zero attached hydrogens (tertiary/aromatic N) is 3. The van der Waals surface area contributed by atoms with E-state index in [0.29, 0.717) is 0 Å². The van der Waals surface area contributed by atoms with Crippen molar-refractivity contribution >= 4 is 81.7 Å². The van der Waals surface area contributed by atoms with Gasteiger partial charge in [0.1, 0.15) is 22.4 Å². The number of aromatic nitrogens is 4. The number of imidazole rings is 1. The van der Waals surface area contributed by atoms with Crippen LogP contribution in [0.1, 0.15) is 22.8 Å². The Bertz CT molecular complexity index is 1770. The number of thiophene rings is 1. The van der Waals surface area contributed by atoms with Crippen molar-refractivity contribution in [2.45, 2.75) is 31.5 Å². The zero-order valence-corrected chi connectivity index (χ0v) is 26.4. The summed E-state index contributed by atoms with van der Waals surface area (Å²) in [5, 5.41) is 4.01. The lowest BCUT2D eigenvalue weighted by atomic mass is 10.1. The highest BCUT2D eigenvalue weighted by Gasteiger charge is 2.50. The van der Waals surface area contributed by atoms with Crippen LogP contribution in [-0.4, -0.2) is 83.0 Å². The lowest BCUT2D eigenvalue weighted by molar-refractivity contribution is -0.0530. The Balaban J connectivity index is 1.62. The van der Waals surface area contributed by atoms with E-state index in [0.717, 1.165) is 11.3 Å². The summed E-state index contributed by atoms with van der Waals surface area (Å²) in [6.45, 7) is 0.363. The second kappa shape index (κ2) is 13.1. The number of hydrogen-bond donors (Lipinski definition) is 7. The minimum atomic E-state index is -5.80. The topological polar surface area (TPSA) is 306 Å². The van der Waals surface area contributed by atoms with E-state index in [1.54, 1.807) is 5.38 Å². The van der Waals surface area contributed by atoms with Crippen molar-refractivity contribution in [3.05, 3.63) is 27.3 Å². The first-order valence-electron chi connectivity index (χ1n) is 11.6. The molecule has 4 rings (SSSR count). The molecular weight excluding hydrogens is 697 g/mol. The molecule has 6 atom stereocenters. The molecule has 0 spiro atoms. The molecule has 1 aliphatic rings. The molecule has 4 heterocycles. The molecule has 0 aliphatic carbocycles. The van der Waals surface area contributed by atoms with Crippen LogP contribution in [0, 0.1) is 4.64 Å². The van der Waals surface area contributed by atoms with Gasteiger partial charge in [-0.2, -0.15) is 13.6 Å². The van der Waals surface area contributed by atoms with Crippen LogP contribution in [0.15, 0.2) is 17.8 Å². The third-order valence-corrected chi connectivity index (χ3v) is 10.7. The first-order chi connectivity index (χ1) is 20.4. The van der Waals surface area contributed by atoms with Crippen molar-refractivity contribution in [2.75, 3.05) is 24.8 Å². The van der Waals surface area contributed by atoms with Crippen LogP contribution in [-0.2, 0) is 41.1 Å². The number of phosphoric ester groups is 1. The highest BCUT2D eigenvalue weighted by molar-refractivity contribution is 7.71. The van der Waals surface area contributed by atoms with Gasteiger partial charge in [0.25, 0.3) is 0 Å². The summed E-state index contributed by atoms with van der Waals surface area (Å²) in [4.78, 5) is 72.8. The molecule has 1 amide bonds. The summed E-state index contributed by atoms with van der Waals surface area (Å²) in [7, 11) is -15.8. The van der Waals surface area contributed by atoms with Crippen LogP contribution >= 0.6 is 47.0 Å². The summed E-state index contributed by atoms with van der Waals surface area (Å²) in [6.07, 6.45) is -5.26. The van der Waals surface area contributed by atoms with Gasteiger partial charge in [0.15, 0.2) is 23.8 Å². The first-order valence-corrected chi connectivity index (χ1v) is 17.5. The van der Waals surface area contributed by atoms with E-state index in [2.05, 4.69) is 28.9 Å². The zero-order valence-electron chi connectivity index (χ0n) is 22.1. The van der Waals surface area contributed by atoms with Gasteiger partial charge in [0, 0.05) is 14.0 Å². The van der Waals surface area contributed by atoms with Crippen molar-refractivity contribution in [3.8, 4) is 0 Å². The number of aromatic amines is 1. The number of ether oxygens (including phenoxy) is 3. The van der Waals surface area contributed by atoms with Crippen molar-refractivity contribution < 1.29 is 70.2 Å². The Kier molecular flexibility index (Phi) is 10.3. The molecule has 0 saturated carbocycles. The molecule has 1 saturated heterocycles. The van der Waals surface area contributed by atoms with Crippen molar-refractivity contribution in [1.82, 2.24) is 19.5 Å². The van der Waals surface area contributed by atoms with E-state index < -0.39 is 60.7 Å². The minimum Gasteiger partial charge on any atom is -0.438 e. The lowest BCUT2D eigenvalue weighted by Gasteiger charge is -2.24. The molecule has 0 aromatic carbocycles. The number of amides is 1. The van der Waals surface area contributed by atoms with Crippen molar-refractivity contribution in [2.24, 2.45) is 0 Å². The number of carbonyl (C=O) groups excluding carboxylic acids is 2. The molecule has 1 fully saturated rings. The largest absolute Gasteiger partial charge is 0.490 e. The van der Waals surface area contributed by atoms with Gasteiger partial charge in [-0.1, -0.05) is 12.2 Å². The smallest absolute Gasteiger partial charge is 0.438 e. The monoisotopic (exact) mass is 720 g/mol. The van der Waals surface area contributed by atoms with Crippen LogP contribution in [0.3, 0.4) is 0 Å². The second-order valence-electron chi connectivity index (χ2n) is 8.64.